The highest BCUT2D eigenvalue weighted by atomic mass is 14.9. The first-order valence-corrected chi connectivity index (χ1v) is 8.50. The van der Waals surface area contributed by atoms with Crippen LogP contribution in [0.5, 0.6) is 0 Å². The van der Waals surface area contributed by atoms with E-state index in [4.69, 9.17) is 4.98 Å². The minimum absolute atomic E-state index is 0.0913. The summed E-state index contributed by atoms with van der Waals surface area (Å²) in [6, 6.07) is 13.4. The van der Waals surface area contributed by atoms with Crippen LogP contribution in [0.15, 0.2) is 48.8 Å². The van der Waals surface area contributed by atoms with E-state index in [0.29, 0.717) is 0 Å². The molecule has 0 fully saturated rings. The van der Waals surface area contributed by atoms with E-state index in [1.54, 1.807) is 0 Å². The van der Waals surface area contributed by atoms with Gasteiger partial charge in [-0.25, -0.2) is 0 Å². The molecule has 24 heavy (non-hydrogen) atoms. The van der Waals surface area contributed by atoms with Crippen molar-refractivity contribution in [1.29, 1.82) is 0 Å². The normalized spacial score (nSPS) is 15.0. The van der Waals surface area contributed by atoms with E-state index in [1.807, 2.05) is 6.20 Å². The molecule has 2 heteroatoms. The van der Waals surface area contributed by atoms with E-state index < -0.39 is 0 Å². The van der Waals surface area contributed by atoms with Crippen molar-refractivity contribution in [2.75, 3.05) is 0 Å². The lowest BCUT2D eigenvalue weighted by atomic mass is 9.71. The van der Waals surface area contributed by atoms with Crippen LogP contribution in [0.2, 0.25) is 0 Å². The second-order valence-corrected chi connectivity index (χ2v) is 7.55. The average Bonchev–Trinajstić information content (AvgIpc) is 3.00. The number of rotatable bonds is 0. The molecule has 5 rings (SSSR count). The molecule has 0 N–H and O–H groups in total. The highest BCUT2D eigenvalue weighted by Crippen LogP contribution is 2.49. The Morgan fingerprint density at radius 3 is 2.71 bits per heavy atom. The average molecular weight is 312 g/mol. The third kappa shape index (κ3) is 1.53. The van der Waals surface area contributed by atoms with E-state index in [0.717, 1.165) is 5.69 Å². The molecule has 0 saturated heterocycles. The van der Waals surface area contributed by atoms with Crippen LogP contribution in [0.3, 0.4) is 0 Å². The predicted octanol–water partition coefficient (Wildman–Crippen LogP) is 5.41. The van der Waals surface area contributed by atoms with Gasteiger partial charge in [0.1, 0.15) is 0 Å². The zero-order valence-corrected chi connectivity index (χ0v) is 14.5. The molecule has 0 spiro atoms. The molecule has 1 aromatic carbocycles. The van der Waals surface area contributed by atoms with Crippen molar-refractivity contribution in [1.82, 2.24) is 9.38 Å². The first-order valence-electron chi connectivity index (χ1n) is 8.50. The van der Waals surface area contributed by atoms with Gasteiger partial charge >= 0.3 is 0 Å². The zero-order chi connectivity index (χ0) is 16.6. The molecule has 3 aromatic heterocycles. The first-order chi connectivity index (χ1) is 11.5. The molecule has 118 valence electrons. The molecule has 0 saturated carbocycles. The molecule has 4 aromatic rings. The molecular formula is C22H20N2. The molecule has 1 aliphatic rings. The van der Waals surface area contributed by atoms with E-state index in [1.165, 1.54) is 44.2 Å². The SMILES string of the molecule is Cc1cnc2c(c1)C(C)(C)c1c3c-2c(C)ccc3cc2cccn12. The van der Waals surface area contributed by atoms with Crippen LogP contribution in [-0.4, -0.2) is 9.38 Å². The van der Waals surface area contributed by atoms with Crippen molar-refractivity contribution in [3.05, 3.63) is 71.2 Å². The predicted molar refractivity (Wildman–Crippen MR) is 99.7 cm³/mol. The maximum Gasteiger partial charge on any atom is 0.0753 e. The van der Waals surface area contributed by atoms with E-state index in [-0.39, 0.29) is 5.41 Å². The summed E-state index contributed by atoms with van der Waals surface area (Å²) in [6.07, 6.45) is 4.18. The minimum Gasteiger partial charge on any atom is -0.319 e. The molecule has 0 radical (unpaired) electrons. The highest BCUT2D eigenvalue weighted by Gasteiger charge is 2.37. The van der Waals surface area contributed by atoms with Crippen molar-refractivity contribution in [3.8, 4) is 11.3 Å². The Kier molecular flexibility index (Phi) is 2.45. The van der Waals surface area contributed by atoms with Gasteiger partial charge in [-0.1, -0.05) is 32.0 Å². The molecular weight excluding hydrogens is 292 g/mol. The largest absolute Gasteiger partial charge is 0.319 e. The summed E-state index contributed by atoms with van der Waals surface area (Å²) in [5.74, 6) is 0. The topological polar surface area (TPSA) is 17.3 Å². The number of aryl methyl sites for hydroxylation is 2. The van der Waals surface area contributed by atoms with Crippen LogP contribution in [0.4, 0.5) is 0 Å². The Labute approximate surface area is 141 Å². The summed E-state index contributed by atoms with van der Waals surface area (Å²) < 4.78 is 2.36. The molecule has 0 bridgehead atoms. The van der Waals surface area contributed by atoms with Gasteiger partial charge in [0, 0.05) is 40.0 Å². The lowest BCUT2D eigenvalue weighted by molar-refractivity contribution is 0.609. The fourth-order valence-electron chi connectivity index (χ4n) is 4.38. The molecule has 2 nitrogen and oxygen atoms in total. The van der Waals surface area contributed by atoms with Crippen molar-refractivity contribution >= 4 is 16.3 Å². The smallest absolute Gasteiger partial charge is 0.0753 e. The Hall–Kier alpha value is -2.61. The quantitative estimate of drug-likeness (QED) is 0.424. The fraction of sp³-hybridized carbons (Fsp3) is 0.227. The number of pyridine rings is 2. The Balaban J connectivity index is 2.13. The number of hydrogen-bond acceptors (Lipinski definition) is 1. The minimum atomic E-state index is -0.0913. The van der Waals surface area contributed by atoms with Gasteiger partial charge in [0.05, 0.1) is 5.69 Å². The monoisotopic (exact) mass is 312 g/mol. The summed E-state index contributed by atoms with van der Waals surface area (Å²) in [5, 5.41) is 2.66. The summed E-state index contributed by atoms with van der Waals surface area (Å²) in [7, 11) is 0. The van der Waals surface area contributed by atoms with E-state index >= 15 is 0 Å². The van der Waals surface area contributed by atoms with Crippen molar-refractivity contribution in [2.45, 2.75) is 33.1 Å². The lowest BCUT2D eigenvalue weighted by Gasteiger charge is -2.36. The molecule has 3 heterocycles. The molecule has 0 amide bonds. The van der Waals surface area contributed by atoms with E-state index in [2.05, 4.69) is 74.7 Å². The summed E-state index contributed by atoms with van der Waals surface area (Å²) in [5.41, 5.74) is 8.82. The number of aromatic nitrogens is 2. The van der Waals surface area contributed by atoms with Gasteiger partial charge in [0.15, 0.2) is 0 Å². The first kappa shape index (κ1) is 13.8. The van der Waals surface area contributed by atoms with Crippen LogP contribution in [0.25, 0.3) is 27.5 Å². The van der Waals surface area contributed by atoms with Gasteiger partial charge in [-0.15, -0.1) is 0 Å². The lowest BCUT2D eigenvalue weighted by Crippen LogP contribution is -2.27. The van der Waals surface area contributed by atoms with Gasteiger partial charge in [-0.05, 0) is 54.1 Å². The fourth-order valence-corrected chi connectivity index (χ4v) is 4.38. The van der Waals surface area contributed by atoms with Gasteiger partial charge in [-0.3, -0.25) is 4.98 Å². The maximum atomic E-state index is 4.86. The molecule has 0 unspecified atom stereocenters. The van der Waals surface area contributed by atoms with Crippen LogP contribution in [0, 0.1) is 13.8 Å². The van der Waals surface area contributed by atoms with Crippen molar-refractivity contribution < 1.29 is 0 Å². The second-order valence-electron chi connectivity index (χ2n) is 7.55. The van der Waals surface area contributed by atoms with Crippen LogP contribution in [-0.2, 0) is 5.41 Å². The third-order valence-electron chi connectivity index (χ3n) is 5.53. The number of hydrogen-bond donors (Lipinski definition) is 0. The molecule has 0 aliphatic heterocycles. The Bertz CT molecular complexity index is 1150. The van der Waals surface area contributed by atoms with Crippen LogP contribution < -0.4 is 0 Å². The van der Waals surface area contributed by atoms with Crippen LogP contribution >= 0.6 is 0 Å². The molecule has 1 aliphatic carbocycles. The van der Waals surface area contributed by atoms with Gasteiger partial charge in [0.25, 0.3) is 0 Å². The second kappa shape index (κ2) is 4.27. The Morgan fingerprint density at radius 1 is 1.04 bits per heavy atom. The summed E-state index contributed by atoms with van der Waals surface area (Å²) in [4.78, 5) is 4.86. The Morgan fingerprint density at radius 2 is 1.88 bits per heavy atom. The summed E-state index contributed by atoms with van der Waals surface area (Å²) >= 11 is 0. The van der Waals surface area contributed by atoms with Gasteiger partial charge in [-0.2, -0.15) is 0 Å². The standard InChI is InChI=1S/C22H20N2/c1-13-10-17-20(23-12-13)18-14(2)7-8-15-11-16-6-5-9-24(16)21(19(15)18)22(17,3)4/h5-12H,1-4H3. The van der Waals surface area contributed by atoms with Gasteiger partial charge in [0.2, 0.25) is 0 Å². The zero-order valence-electron chi connectivity index (χ0n) is 14.5. The molecule has 0 atom stereocenters. The van der Waals surface area contributed by atoms with E-state index in [9.17, 15) is 0 Å². The summed E-state index contributed by atoms with van der Waals surface area (Å²) in [6.45, 7) is 8.98. The number of fused-ring (bicyclic) bond motifs is 4. The van der Waals surface area contributed by atoms with Crippen LogP contribution in [0.1, 0.15) is 36.2 Å². The highest BCUT2D eigenvalue weighted by molar-refractivity contribution is 6.04. The van der Waals surface area contributed by atoms with Crippen molar-refractivity contribution in [3.63, 3.8) is 0 Å². The maximum absolute atomic E-state index is 4.86. The third-order valence-corrected chi connectivity index (χ3v) is 5.53. The number of benzene rings is 1. The van der Waals surface area contributed by atoms with Crippen molar-refractivity contribution in [2.24, 2.45) is 0 Å². The number of nitrogens with zero attached hydrogens (tertiary/aromatic N) is 2. The van der Waals surface area contributed by atoms with Gasteiger partial charge < -0.3 is 4.40 Å².